The zero-order valence-corrected chi connectivity index (χ0v) is 16.7. The van der Waals surface area contributed by atoms with Crippen LogP contribution in [-0.4, -0.2) is 35.2 Å². The summed E-state index contributed by atoms with van der Waals surface area (Å²) < 4.78 is 5.26. The Morgan fingerprint density at radius 2 is 1.88 bits per heavy atom. The van der Waals surface area contributed by atoms with Crippen LogP contribution in [0.3, 0.4) is 0 Å². The maximum atomic E-state index is 11.9. The molecule has 0 spiro atoms. The van der Waals surface area contributed by atoms with E-state index in [1.54, 1.807) is 0 Å². The van der Waals surface area contributed by atoms with Gasteiger partial charge in [0.25, 0.3) is 0 Å². The number of halogens is 1. The smallest absolute Gasteiger partial charge is 0.227 e. The van der Waals surface area contributed by atoms with E-state index in [0.29, 0.717) is 37.0 Å². The Balaban J connectivity index is 0.00000338. The van der Waals surface area contributed by atoms with E-state index in [4.69, 9.17) is 4.52 Å². The van der Waals surface area contributed by atoms with Crippen molar-refractivity contribution in [1.82, 2.24) is 20.8 Å². The highest BCUT2D eigenvalue weighted by Crippen LogP contribution is 2.20. The molecule has 2 N–H and O–H groups in total. The van der Waals surface area contributed by atoms with Gasteiger partial charge < -0.3 is 15.2 Å². The molecule has 26 heavy (non-hydrogen) atoms. The first-order valence-corrected chi connectivity index (χ1v) is 8.92. The maximum Gasteiger partial charge on any atom is 0.227 e. The molecule has 0 saturated heterocycles. The van der Waals surface area contributed by atoms with Crippen LogP contribution >= 0.6 is 12.4 Å². The van der Waals surface area contributed by atoms with E-state index < -0.39 is 0 Å². The first kappa shape index (κ1) is 22.1. The van der Waals surface area contributed by atoms with Crippen molar-refractivity contribution < 1.29 is 9.32 Å². The molecule has 0 aliphatic carbocycles. The Morgan fingerprint density at radius 1 is 1.19 bits per heavy atom. The fourth-order valence-corrected chi connectivity index (χ4v) is 2.49. The highest BCUT2D eigenvalue weighted by atomic mass is 35.5. The number of nitrogens with zero attached hydrogens (tertiary/aromatic N) is 2. The molecule has 0 aliphatic heterocycles. The van der Waals surface area contributed by atoms with E-state index in [0.717, 1.165) is 12.1 Å². The van der Waals surface area contributed by atoms with Gasteiger partial charge in [0, 0.05) is 31.0 Å². The van der Waals surface area contributed by atoms with Crippen LogP contribution in [-0.2, 0) is 11.2 Å². The Labute approximate surface area is 161 Å². The van der Waals surface area contributed by atoms with E-state index in [2.05, 4.69) is 46.8 Å². The van der Waals surface area contributed by atoms with Crippen molar-refractivity contribution in [2.75, 3.05) is 13.1 Å². The van der Waals surface area contributed by atoms with Crippen molar-refractivity contribution in [3.05, 3.63) is 35.7 Å². The van der Waals surface area contributed by atoms with Gasteiger partial charge in [0.1, 0.15) is 0 Å². The number of amides is 1. The lowest BCUT2D eigenvalue weighted by molar-refractivity contribution is -0.121. The van der Waals surface area contributed by atoms with E-state index in [1.807, 2.05) is 26.0 Å². The predicted octanol–water partition coefficient (Wildman–Crippen LogP) is 3.33. The number of hydrogen-bond acceptors (Lipinski definition) is 5. The number of carbonyl (C=O) groups is 1. The van der Waals surface area contributed by atoms with Crippen molar-refractivity contribution in [1.29, 1.82) is 0 Å². The Kier molecular flexibility index (Phi) is 9.30. The van der Waals surface area contributed by atoms with Crippen molar-refractivity contribution >= 4 is 18.3 Å². The van der Waals surface area contributed by atoms with Crippen LogP contribution < -0.4 is 10.6 Å². The number of carbonyl (C=O) groups excluding carboxylic acids is 1. The summed E-state index contributed by atoms with van der Waals surface area (Å²) in [5.74, 6) is 1.53. The molecule has 1 aromatic heterocycles. The van der Waals surface area contributed by atoms with Gasteiger partial charge in [0.15, 0.2) is 0 Å². The van der Waals surface area contributed by atoms with E-state index in [-0.39, 0.29) is 24.4 Å². The van der Waals surface area contributed by atoms with Gasteiger partial charge in [-0.2, -0.15) is 4.98 Å². The predicted molar refractivity (Wildman–Crippen MR) is 106 cm³/mol. The molecule has 2 aromatic rings. The van der Waals surface area contributed by atoms with Crippen molar-refractivity contribution in [3.63, 3.8) is 0 Å². The van der Waals surface area contributed by atoms with Crippen molar-refractivity contribution in [3.8, 4) is 11.4 Å². The molecule has 1 amide bonds. The fourth-order valence-electron chi connectivity index (χ4n) is 2.49. The molecule has 2 rings (SSSR count). The van der Waals surface area contributed by atoms with Crippen LogP contribution in [0, 0.1) is 0 Å². The lowest BCUT2D eigenvalue weighted by atomic mass is 10.0. The van der Waals surface area contributed by atoms with E-state index in [1.165, 1.54) is 5.56 Å². The molecular weight excluding hydrogens is 352 g/mol. The molecule has 0 fully saturated rings. The van der Waals surface area contributed by atoms with Gasteiger partial charge in [0.2, 0.25) is 17.6 Å². The lowest BCUT2D eigenvalue weighted by Crippen LogP contribution is -2.38. The molecule has 1 heterocycles. The minimum Gasteiger partial charge on any atom is -0.355 e. The summed E-state index contributed by atoms with van der Waals surface area (Å²) in [6.45, 7) is 9.90. The van der Waals surface area contributed by atoms with Gasteiger partial charge >= 0.3 is 0 Å². The minimum absolute atomic E-state index is 0. The first-order valence-electron chi connectivity index (χ1n) is 8.92. The third kappa shape index (κ3) is 6.77. The monoisotopic (exact) mass is 380 g/mol. The second kappa shape index (κ2) is 10.9. The highest BCUT2D eigenvalue weighted by molar-refractivity contribution is 5.85. The zero-order valence-electron chi connectivity index (χ0n) is 15.9. The molecular formula is C19H29ClN4O2. The molecule has 7 heteroatoms. The molecule has 0 aliphatic rings. The van der Waals surface area contributed by atoms with Gasteiger partial charge in [-0.05, 0) is 24.9 Å². The number of aryl methyl sites for hydroxylation is 1. The normalized spacial score (nSPS) is 11.9. The molecule has 144 valence electrons. The zero-order chi connectivity index (χ0) is 18.2. The van der Waals surface area contributed by atoms with Gasteiger partial charge in [-0.25, -0.2) is 0 Å². The number of likely N-dealkylation sites (N-methyl/N-ethyl adjacent to an activating group) is 1. The Morgan fingerprint density at radius 3 is 2.50 bits per heavy atom. The van der Waals surface area contributed by atoms with E-state index in [9.17, 15) is 4.79 Å². The summed E-state index contributed by atoms with van der Waals surface area (Å²) in [4.78, 5) is 16.3. The summed E-state index contributed by atoms with van der Waals surface area (Å²) in [5.41, 5.74) is 2.19. The SMILES string of the molecule is CCN[C@H](C)CNC(=O)CCc1nc(-c2ccc(C(C)C)cc2)no1.Cl. The topological polar surface area (TPSA) is 80.0 Å². The second-order valence-corrected chi connectivity index (χ2v) is 6.55. The summed E-state index contributed by atoms with van der Waals surface area (Å²) in [7, 11) is 0. The van der Waals surface area contributed by atoms with Crippen LogP contribution in [0.1, 0.15) is 51.5 Å². The third-order valence-corrected chi connectivity index (χ3v) is 4.03. The standard InChI is InChI=1S/C19H28N4O2.ClH/c1-5-20-14(4)12-21-17(24)10-11-18-22-19(23-25-18)16-8-6-15(7-9-16)13(2)3;/h6-9,13-14,20H,5,10-12H2,1-4H3,(H,21,24);1H/t14-;/m1./s1. The number of benzene rings is 1. The van der Waals surface area contributed by atoms with Gasteiger partial charge in [-0.1, -0.05) is 50.2 Å². The average molecular weight is 381 g/mol. The summed E-state index contributed by atoms with van der Waals surface area (Å²) in [6, 6.07) is 8.42. The van der Waals surface area contributed by atoms with E-state index >= 15 is 0 Å². The van der Waals surface area contributed by atoms with Gasteiger partial charge in [-0.3, -0.25) is 4.79 Å². The Hall–Kier alpha value is -1.92. The third-order valence-electron chi connectivity index (χ3n) is 4.03. The Bertz CT molecular complexity index is 670. The largest absolute Gasteiger partial charge is 0.355 e. The van der Waals surface area contributed by atoms with Crippen molar-refractivity contribution in [2.45, 2.75) is 52.5 Å². The molecule has 0 bridgehead atoms. The average Bonchev–Trinajstić information content (AvgIpc) is 3.07. The van der Waals surface area contributed by atoms with Crippen molar-refractivity contribution in [2.24, 2.45) is 0 Å². The second-order valence-electron chi connectivity index (χ2n) is 6.55. The first-order chi connectivity index (χ1) is 12.0. The lowest BCUT2D eigenvalue weighted by Gasteiger charge is -2.12. The number of rotatable bonds is 9. The molecule has 0 unspecified atom stereocenters. The van der Waals surface area contributed by atoms with Crippen LogP contribution in [0.25, 0.3) is 11.4 Å². The molecule has 0 radical (unpaired) electrons. The van der Waals surface area contributed by atoms with Crippen LogP contribution in [0.2, 0.25) is 0 Å². The number of hydrogen-bond donors (Lipinski definition) is 2. The number of nitrogens with one attached hydrogen (secondary N) is 2. The molecule has 1 aromatic carbocycles. The maximum absolute atomic E-state index is 11.9. The number of aromatic nitrogens is 2. The molecule has 6 nitrogen and oxygen atoms in total. The quantitative estimate of drug-likeness (QED) is 0.697. The molecule has 0 saturated carbocycles. The van der Waals surface area contributed by atoms with Crippen LogP contribution in [0.4, 0.5) is 0 Å². The van der Waals surface area contributed by atoms with Crippen LogP contribution in [0.5, 0.6) is 0 Å². The minimum atomic E-state index is -0.00853. The summed E-state index contributed by atoms with van der Waals surface area (Å²) in [6.07, 6.45) is 0.783. The molecule has 1 atom stereocenters. The van der Waals surface area contributed by atoms with Crippen LogP contribution in [0.15, 0.2) is 28.8 Å². The summed E-state index contributed by atoms with van der Waals surface area (Å²) in [5, 5.41) is 10.2. The van der Waals surface area contributed by atoms with Gasteiger partial charge in [-0.15, -0.1) is 12.4 Å². The summed E-state index contributed by atoms with van der Waals surface area (Å²) >= 11 is 0. The van der Waals surface area contributed by atoms with Gasteiger partial charge in [0.05, 0.1) is 0 Å². The fraction of sp³-hybridized carbons (Fsp3) is 0.526. The highest BCUT2D eigenvalue weighted by Gasteiger charge is 2.11.